The largest absolute Gasteiger partial charge is 0.394 e. The molecular formula is C16H18N2O3. The average Bonchev–Trinajstić information content (AvgIpc) is 2.53. The maximum atomic E-state index is 10.6. The first-order chi connectivity index (χ1) is 10.2. The van der Waals surface area contributed by atoms with E-state index in [9.17, 15) is 15.2 Å². The molecule has 2 rings (SSSR count). The van der Waals surface area contributed by atoms with Gasteiger partial charge >= 0.3 is 0 Å². The predicted octanol–water partition coefficient (Wildman–Crippen LogP) is 2.46. The standard InChI is InChI=1S/C16H18N2O3/c19-12-16(14-4-2-1-3-5-14)17-11-10-13-6-8-15(9-7-13)18(20)21/h1-9,16-17,19H,10-12H2/t16-/m0/s1. The number of nitrogens with one attached hydrogen (secondary N) is 1. The highest BCUT2D eigenvalue weighted by Crippen LogP contribution is 2.14. The maximum Gasteiger partial charge on any atom is 0.269 e. The Morgan fingerprint density at radius 3 is 2.33 bits per heavy atom. The fourth-order valence-corrected chi connectivity index (χ4v) is 2.15. The van der Waals surface area contributed by atoms with Gasteiger partial charge in [0.05, 0.1) is 17.6 Å². The quantitative estimate of drug-likeness (QED) is 0.605. The highest BCUT2D eigenvalue weighted by Gasteiger charge is 2.09. The summed E-state index contributed by atoms with van der Waals surface area (Å²) < 4.78 is 0. The van der Waals surface area contributed by atoms with Crippen LogP contribution in [0.5, 0.6) is 0 Å². The molecule has 2 aromatic rings. The van der Waals surface area contributed by atoms with Gasteiger partial charge in [0.25, 0.3) is 5.69 Å². The van der Waals surface area contributed by atoms with E-state index in [4.69, 9.17) is 0 Å². The molecule has 5 heteroatoms. The topological polar surface area (TPSA) is 75.4 Å². The van der Waals surface area contributed by atoms with Crippen LogP contribution in [0.3, 0.4) is 0 Å². The SMILES string of the molecule is O=[N+]([O-])c1ccc(CCN[C@@H](CO)c2ccccc2)cc1. The molecule has 0 heterocycles. The van der Waals surface area contributed by atoms with Crippen LogP contribution in [0.4, 0.5) is 5.69 Å². The minimum Gasteiger partial charge on any atom is -0.394 e. The molecule has 1 atom stereocenters. The highest BCUT2D eigenvalue weighted by molar-refractivity contribution is 5.33. The van der Waals surface area contributed by atoms with Crippen LogP contribution in [-0.4, -0.2) is 23.2 Å². The van der Waals surface area contributed by atoms with Crippen LogP contribution in [0.25, 0.3) is 0 Å². The van der Waals surface area contributed by atoms with Gasteiger partial charge in [-0.2, -0.15) is 0 Å². The number of nitro benzene ring substituents is 1. The number of hydrogen-bond acceptors (Lipinski definition) is 4. The molecule has 0 bridgehead atoms. The molecule has 2 aromatic carbocycles. The van der Waals surface area contributed by atoms with E-state index in [1.54, 1.807) is 12.1 Å². The lowest BCUT2D eigenvalue weighted by molar-refractivity contribution is -0.384. The van der Waals surface area contributed by atoms with Gasteiger partial charge in [-0.3, -0.25) is 10.1 Å². The third kappa shape index (κ3) is 4.37. The second-order valence-electron chi connectivity index (χ2n) is 4.77. The van der Waals surface area contributed by atoms with Crippen LogP contribution >= 0.6 is 0 Å². The van der Waals surface area contributed by atoms with Gasteiger partial charge in [0.2, 0.25) is 0 Å². The maximum absolute atomic E-state index is 10.6. The number of nitrogens with zero attached hydrogens (tertiary/aromatic N) is 1. The van der Waals surface area contributed by atoms with Crippen molar-refractivity contribution in [1.29, 1.82) is 0 Å². The van der Waals surface area contributed by atoms with Crippen molar-refractivity contribution in [2.75, 3.05) is 13.2 Å². The molecule has 0 aliphatic heterocycles. The van der Waals surface area contributed by atoms with Crippen molar-refractivity contribution in [2.45, 2.75) is 12.5 Å². The number of non-ortho nitro benzene ring substituents is 1. The summed E-state index contributed by atoms with van der Waals surface area (Å²) in [5.41, 5.74) is 2.17. The minimum atomic E-state index is -0.404. The van der Waals surface area contributed by atoms with Crippen molar-refractivity contribution in [3.8, 4) is 0 Å². The molecule has 0 amide bonds. The van der Waals surface area contributed by atoms with Crippen LogP contribution in [0.1, 0.15) is 17.2 Å². The van der Waals surface area contributed by atoms with Gasteiger partial charge in [-0.05, 0) is 24.1 Å². The Morgan fingerprint density at radius 1 is 1.10 bits per heavy atom. The van der Waals surface area contributed by atoms with Crippen molar-refractivity contribution in [3.63, 3.8) is 0 Å². The van der Waals surface area contributed by atoms with E-state index < -0.39 is 4.92 Å². The van der Waals surface area contributed by atoms with E-state index in [0.717, 1.165) is 17.5 Å². The molecule has 110 valence electrons. The molecule has 0 aliphatic carbocycles. The second kappa shape index (κ2) is 7.52. The summed E-state index contributed by atoms with van der Waals surface area (Å²) in [5.74, 6) is 0. The number of nitro groups is 1. The van der Waals surface area contributed by atoms with Crippen LogP contribution in [0, 0.1) is 10.1 Å². The molecule has 0 radical (unpaired) electrons. The Morgan fingerprint density at radius 2 is 1.76 bits per heavy atom. The lowest BCUT2D eigenvalue weighted by Gasteiger charge is -2.16. The van der Waals surface area contributed by atoms with Crippen molar-refractivity contribution in [2.24, 2.45) is 0 Å². The summed E-state index contributed by atoms with van der Waals surface area (Å²) in [6.45, 7) is 0.724. The highest BCUT2D eigenvalue weighted by atomic mass is 16.6. The van der Waals surface area contributed by atoms with Gasteiger partial charge in [-0.1, -0.05) is 42.5 Å². The summed E-state index contributed by atoms with van der Waals surface area (Å²) in [7, 11) is 0. The minimum absolute atomic E-state index is 0.0320. The zero-order chi connectivity index (χ0) is 15.1. The van der Waals surface area contributed by atoms with Gasteiger partial charge in [-0.25, -0.2) is 0 Å². The lowest BCUT2D eigenvalue weighted by Crippen LogP contribution is -2.26. The van der Waals surface area contributed by atoms with Gasteiger partial charge in [0.1, 0.15) is 0 Å². The second-order valence-corrected chi connectivity index (χ2v) is 4.77. The fourth-order valence-electron chi connectivity index (χ4n) is 2.15. The van der Waals surface area contributed by atoms with E-state index >= 15 is 0 Å². The molecule has 2 N–H and O–H groups in total. The van der Waals surface area contributed by atoms with Crippen LogP contribution in [0.2, 0.25) is 0 Å². The predicted molar refractivity (Wildman–Crippen MR) is 81.1 cm³/mol. The van der Waals surface area contributed by atoms with E-state index in [0.29, 0.717) is 6.54 Å². The normalized spacial score (nSPS) is 12.0. The number of benzene rings is 2. The van der Waals surface area contributed by atoms with E-state index in [2.05, 4.69) is 5.32 Å². The van der Waals surface area contributed by atoms with Gasteiger partial charge in [-0.15, -0.1) is 0 Å². The number of aliphatic hydroxyl groups is 1. The Balaban J connectivity index is 1.87. The molecule has 0 aliphatic rings. The Bertz CT molecular complexity index is 570. The summed E-state index contributed by atoms with van der Waals surface area (Å²) in [4.78, 5) is 10.2. The third-order valence-corrected chi connectivity index (χ3v) is 3.34. The first-order valence-corrected chi connectivity index (χ1v) is 6.83. The average molecular weight is 286 g/mol. The van der Waals surface area contributed by atoms with Gasteiger partial charge in [0.15, 0.2) is 0 Å². The number of aliphatic hydroxyl groups excluding tert-OH is 1. The lowest BCUT2D eigenvalue weighted by atomic mass is 10.1. The van der Waals surface area contributed by atoms with E-state index in [1.165, 1.54) is 12.1 Å². The molecule has 0 aromatic heterocycles. The summed E-state index contributed by atoms with van der Waals surface area (Å²) >= 11 is 0. The number of hydrogen-bond donors (Lipinski definition) is 2. The van der Waals surface area contributed by atoms with Crippen molar-refractivity contribution in [3.05, 3.63) is 75.8 Å². The molecule has 21 heavy (non-hydrogen) atoms. The fraction of sp³-hybridized carbons (Fsp3) is 0.250. The molecule has 0 fully saturated rings. The summed E-state index contributed by atoms with van der Waals surface area (Å²) in [6, 6.07) is 16.2. The first kappa shape index (κ1) is 15.2. The Hall–Kier alpha value is -2.24. The first-order valence-electron chi connectivity index (χ1n) is 6.83. The van der Waals surface area contributed by atoms with Gasteiger partial charge in [0, 0.05) is 12.1 Å². The van der Waals surface area contributed by atoms with Crippen LogP contribution in [0.15, 0.2) is 54.6 Å². The van der Waals surface area contributed by atoms with Crippen molar-refractivity contribution >= 4 is 5.69 Å². The zero-order valence-electron chi connectivity index (χ0n) is 11.6. The van der Waals surface area contributed by atoms with E-state index in [1.807, 2.05) is 30.3 Å². The Labute approximate surface area is 123 Å². The monoisotopic (exact) mass is 286 g/mol. The molecule has 0 spiro atoms. The zero-order valence-corrected chi connectivity index (χ0v) is 11.6. The molecule has 0 saturated heterocycles. The Kier molecular flexibility index (Phi) is 5.43. The van der Waals surface area contributed by atoms with Gasteiger partial charge < -0.3 is 10.4 Å². The van der Waals surface area contributed by atoms with Crippen LogP contribution in [-0.2, 0) is 6.42 Å². The smallest absolute Gasteiger partial charge is 0.269 e. The van der Waals surface area contributed by atoms with Crippen molar-refractivity contribution in [1.82, 2.24) is 5.32 Å². The molecule has 0 unspecified atom stereocenters. The molecular weight excluding hydrogens is 268 g/mol. The molecule has 5 nitrogen and oxygen atoms in total. The van der Waals surface area contributed by atoms with Crippen LogP contribution < -0.4 is 5.32 Å². The molecule has 0 saturated carbocycles. The van der Waals surface area contributed by atoms with E-state index in [-0.39, 0.29) is 18.3 Å². The number of rotatable bonds is 7. The van der Waals surface area contributed by atoms with Crippen molar-refractivity contribution < 1.29 is 10.0 Å². The summed E-state index contributed by atoms with van der Waals surface area (Å²) in [5, 5.41) is 23.3. The summed E-state index contributed by atoms with van der Waals surface area (Å²) in [6.07, 6.45) is 0.751. The third-order valence-electron chi connectivity index (χ3n) is 3.34.